The highest BCUT2D eigenvalue weighted by Gasteiger charge is 2.34. The van der Waals surface area contributed by atoms with E-state index in [4.69, 9.17) is 11.6 Å². The summed E-state index contributed by atoms with van der Waals surface area (Å²) in [7, 11) is 0. The molecule has 2 aliphatic heterocycles. The number of fused-ring (bicyclic) bond motifs is 5. The first-order valence-electron chi connectivity index (χ1n) is 6.47. The van der Waals surface area contributed by atoms with E-state index in [-0.39, 0.29) is 5.82 Å². The average molecular weight is 265 g/mol. The fourth-order valence-corrected chi connectivity index (χ4v) is 3.75. The number of hydrogen-bond donors (Lipinski definition) is 1. The third-order valence-corrected chi connectivity index (χ3v) is 4.51. The first-order valence-corrected chi connectivity index (χ1v) is 6.85. The van der Waals surface area contributed by atoms with Crippen LogP contribution in [0.2, 0.25) is 5.02 Å². The van der Waals surface area contributed by atoms with Crippen molar-refractivity contribution in [2.45, 2.75) is 25.3 Å². The van der Waals surface area contributed by atoms with E-state index in [1.54, 1.807) is 0 Å². The molecule has 0 unspecified atom stereocenters. The Labute approximate surface area is 110 Å². The van der Waals surface area contributed by atoms with Crippen LogP contribution in [-0.4, -0.2) is 23.0 Å². The van der Waals surface area contributed by atoms with Crippen molar-refractivity contribution in [1.82, 2.24) is 9.88 Å². The standard InChI is InChI=1S/C14H14ClFN2/c15-8-6-9-13-11(17-14(9)10(16)7-8)3-5-18-4-1-2-12(13)18/h6-7,12,17H,1-5H2/t12-/m1/s1. The predicted octanol–water partition coefficient (Wildman–Crippen LogP) is 3.65. The monoisotopic (exact) mass is 264 g/mol. The van der Waals surface area contributed by atoms with Gasteiger partial charge in [-0.05, 0) is 37.1 Å². The smallest absolute Gasteiger partial charge is 0.148 e. The quantitative estimate of drug-likeness (QED) is 0.770. The molecule has 0 saturated carbocycles. The molecule has 0 amide bonds. The van der Waals surface area contributed by atoms with Crippen LogP contribution < -0.4 is 0 Å². The second kappa shape index (κ2) is 3.72. The average Bonchev–Trinajstić information content (AvgIpc) is 2.91. The van der Waals surface area contributed by atoms with E-state index in [9.17, 15) is 4.39 Å². The Bertz CT molecular complexity index is 634. The van der Waals surface area contributed by atoms with Gasteiger partial charge in [0.15, 0.2) is 0 Å². The Balaban J connectivity index is 2.02. The van der Waals surface area contributed by atoms with Crippen LogP contribution >= 0.6 is 11.6 Å². The van der Waals surface area contributed by atoms with Crippen LogP contribution in [-0.2, 0) is 6.42 Å². The van der Waals surface area contributed by atoms with E-state index in [2.05, 4.69) is 9.88 Å². The van der Waals surface area contributed by atoms with Gasteiger partial charge in [0, 0.05) is 35.1 Å². The highest BCUT2D eigenvalue weighted by molar-refractivity contribution is 6.31. The highest BCUT2D eigenvalue weighted by Crippen LogP contribution is 2.42. The summed E-state index contributed by atoms with van der Waals surface area (Å²) >= 11 is 6.00. The molecule has 94 valence electrons. The lowest BCUT2D eigenvalue weighted by atomic mass is 9.96. The Hall–Kier alpha value is -1.06. The van der Waals surface area contributed by atoms with Crippen LogP contribution in [0.3, 0.4) is 0 Å². The molecule has 0 aliphatic carbocycles. The summed E-state index contributed by atoms with van der Waals surface area (Å²) in [6.07, 6.45) is 3.39. The molecule has 0 spiro atoms. The maximum absolute atomic E-state index is 13.9. The first-order chi connectivity index (χ1) is 8.74. The second-order valence-electron chi connectivity index (χ2n) is 5.27. The molecule has 0 radical (unpaired) electrons. The number of H-pyrrole nitrogens is 1. The van der Waals surface area contributed by atoms with Crippen molar-refractivity contribution in [2.75, 3.05) is 13.1 Å². The van der Waals surface area contributed by atoms with E-state index in [1.165, 1.54) is 36.7 Å². The summed E-state index contributed by atoms with van der Waals surface area (Å²) in [6.45, 7) is 2.25. The summed E-state index contributed by atoms with van der Waals surface area (Å²) in [5.74, 6) is -0.239. The second-order valence-corrected chi connectivity index (χ2v) is 5.71. The van der Waals surface area contributed by atoms with Crippen LogP contribution in [0.15, 0.2) is 12.1 Å². The third kappa shape index (κ3) is 1.38. The van der Waals surface area contributed by atoms with Crippen LogP contribution in [0.5, 0.6) is 0 Å². The third-order valence-electron chi connectivity index (χ3n) is 4.29. The van der Waals surface area contributed by atoms with Crippen LogP contribution in [0, 0.1) is 5.82 Å². The normalized spacial score (nSPS) is 23.3. The van der Waals surface area contributed by atoms with Crippen molar-refractivity contribution in [3.63, 3.8) is 0 Å². The lowest BCUT2D eigenvalue weighted by Crippen LogP contribution is -2.30. The molecule has 1 aromatic carbocycles. The van der Waals surface area contributed by atoms with Gasteiger partial charge < -0.3 is 4.98 Å². The number of rotatable bonds is 0. The molecule has 4 rings (SSSR count). The number of aromatic nitrogens is 1. The van der Waals surface area contributed by atoms with Gasteiger partial charge in [-0.25, -0.2) is 4.39 Å². The van der Waals surface area contributed by atoms with Crippen LogP contribution in [0.1, 0.15) is 30.1 Å². The molecule has 0 bridgehead atoms. The molecule has 1 saturated heterocycles. The number of halogens is 2. The minimum absolute atomic E-state index is 0.239. The van der Waals surface area contributed by atoms with Crippen molar-refractivity contribution in [1.29, 1.82) is 0 Å². The number of hydrogen-bond acceptors (Lipinski definition) is 1. The summed E-state index contributed by atoms with van der Waals surface area (Å²) in [6, 6.07) is 3.75. The van der Waals surface area contributed by atoms with E-state index < -0.39 is 0 Å². The van der Waals surface area contributed by atoms with Gasteiger partial charge >= 0.3 is 0 Å². The molecular weight excluding hydrogens is 251 g/mol. The summed E-state index contributed by atoms with van der Waals surface area (Å²) in [5, 5.41) is 1.46. The summed E-state index contributed by atoms with van der Waals surface area (Å²) < 4.78 is 13.9. The lowest BCUT2D eigenvalue weighted by Gasteiger charge is -2.29. The zero-order valence-electron chi connectivity index (χ0n) is 9.97. The van der Waals surface area contributed by atoms with Crippen molar-refractivity contribution >= 4 is 22.5 Å². The maximum atomic E-state index is 13.9. The van der Waals surface area contributed by atoms with Gasteiger partial charge in [0.1, 0.15) is 5.82 Å². The molecule has 1 N–H and O–H groups in total. The topological polar surface area (TPSA) is 19.0 Å². The molecule has 1 fully saturated rings. The van der Waals surface area contributed by atoms with Gasteiger partial charge in [-0.2, -0.15) is 0 Å². The summed E-state index contributed by atoms with van der Waals surface area (Å²) in [4.78, 5) is 5.77. The van der Waals surface area contributed by atoms with Crippen molar-refractivity contribution in [3.8, 4) is 0 Å². The summed E-state index contributed by atoms with van der Waals surface area (Å²) in [5.41, 5.74) is 3.11. The highest BCUT2D eigenvalue weighted by atomic mass is 35.5. The molecule has 4 heteroatoms. The molecular formula is C14H14ClFN2. The number of aromatic amines is 1. The fourth-order valence-electron chi connectivity index (χ4n) is 3.55. The van der Waals surface area contributed by atoms with Gasteiger partial charge in [0.05, 0.1) is 5.52 Å². The van der Waals surface area contributed by atoms with Gasteiger partial charge in [0.2, 0.25) is 0 Å². The largest absolute Gasteiger partial charge is 0.356 e. The van der Waals surface area contributed by atoms with Gasteiger partial charge in [-0.15, -0.1) is 0 Å². The van der Waals surface area contributed by atoms with Crippen LogP contribution in [0.25, 0.3) is 10.9 Å². The molecule has 1 aromatic heterocycles. The van der Waals surface area contributed by atoms with Crippen molar-refractivity contribution in [2.24, 2.45) is 0 Å². The van der Waals surface area contributed by atoms with E-state index in [1.807, 2.05) is 6.07 Å². The minimum Gasteiger partial charge on any atom is -0.356 e. The Morgan fingerprint density at radius 1 is 1.33 bits per heavy atom. The molecule has 2 aliphatic rings. The number of nitrogens with one attached hydrogen (secondary N) is 1. The Morgan fingerprint density at radius 2 is 2.22 bits per heavy atom. The van der Waals surface area contributed by atoms with E-state index in [0.29, 0.717) is 16.6 Å². The zero-order valence-corrected chi connectivity index (χ0v) is 10.7. The van der Waals surface area contributed by atoms with Gasteiger partial charge in [-0.3, -0.25) is 4.90 Å². The minimum atomic E-state index is -0.239. The first kappa shape index (κ1) is 10.8. The lowest BCUT2D eigenvalue weighted by molar-refractivity contribution is 0.244. The molecule has 2 nitrogen and oxygen atoms in total. The van der Waals surface area contributed by atoms with Crippen molar-refractivity contribution < 1.29 is 4.39 Å². The van der Waals surface area contributed by atoms with Crippen molar-refractivity contribution in [3.05, 3.63) is 34.2 Å². The Kier molecular flexibility index (Phi) is 2.24. The maximum Gasteiger partial charge on any atom is 0.148 e. The number of nitrogens with zero attached hydrogens (tertiary/aromatic N) is 1. The molecule has 18 heavy (non-hydrogen) atoms. The molecule has 2 aromatic rings. The van der Waals surface area contributed by atoms with Gasteiger partial charge in [0.25, 0.3) is 0 Å². The Morgan fingerprint density at radius 3 is 3.11 bits per heavy atom. The van der Waals surface area contributed by atoms with Crippen LogP contribution in [0.4, 0.5) is 4.39 Å². The van der Waals surface area contributed by atoms with E-state index in [0.717, 1.165) is 18.4 Å². The molecule has 3 heterocycles. The van der Waals surface area contributed by atoms with Gasteiger partial charge in [-0.1, -0.05) is 11.6 Å². The zero-order chi connectivity index (χ0) is 12.3. The number of benzene rings is 1. The molecule has 1 atom stereocenters. The van der Waals surface area contributed by atoms with E-state index >= 15 is 0 Å². The SMILES string of the molecule is Fc1cc(Cl)cc2c3c([nH]c12)CCN1CCC[C@H]31. The fraction of sp³-hybridized carbons (Fsp3) is 0.429. The predicted molar refractivity (Wildman–Crippen MR) is 70.5 cm³/mol.